The molecular formula is C20H17F3O2S2. The van der Waals surface area contributed by atoms with Gasteiger partial charge in [0.05, 0.1) is 0 Å². The lowest BCUT2D eigenvalue weighted by atomic mass is 9.99. The first-order valence-electron chi connectivity index (χ1n) is 8.33. The Labute approximate surface area is 164 Å². The summed E-state index contributed by atoms with van der Waals surface area (Å²) in [4.78, 5) is 13.1. The molecule has 0 amide bonds. The normalized spacial score (nSPS) is 16.2. The Bertz CT molecular complexity index is 796. The minimum Gasteiger partial charge on any atom is -0.406 e. The van der Waals surface area contributed by atoms with Gasteiger partial charge in [0.25, 0.3) is 0 Å². The van der Waals surface area contributed by atoms with Gasteiger partial charge >= 0.3 is 6.36 Å². The Hall–Kier alpha value is -1.86. The first-order chi connectivity index (χ1) is 12.9. The Morgan fingerprint density at radius 1 is 1.00 bits per heavy atom. The van der Waals surface area contributed by atoms with E-state index in [4.69, 9.17) is 0 Å². The lowest BCUT2D eigenvalue weighted by Crippen LogP contribution is -2.19. The van der Waals surface area contributed by atoms with Gasteiger partial charge < -0.3 is 4.74 Å². The van der Waals surface area contributed by atoms with Crippen molar-refractivity contribution in [2.45, 2.75) is 17.4 Å². The van der Waals surface area contributed by atoms with Crippen LogP contribution in [0.15, 0.2) is 54.6 Å². The minimum absolute atomic E-state index is 0.0338. The van der Waals surface area contributed by atoms with Crippen LogP contribution in [0.1, 0.15) is 17.5 Å². The molecule has 0 radical (unpaired) electrons. The highest BCUT2D eigenvalue weighted by Crippen LogP contribution is 2.35. The number of halogens is 3. The third-order valence-corrected chi connectivity index (χ3v) is 6.72. The smallest absolute Gasteiger partial charge is 0.406 e. The summed E-state index contributed by atoms with van der Waals surface area (Å²) in [6, 6.07) is 14.8. The topological polar surface area (TPSA) is 26.3 Å². The van der Waals surface area contributed by atoms with Crippen LogP contribution >= 0.6 is 23.5 Å². The van der Waals surface area contributed by atoms with E-state index in [0.29, 0.717) is 11.1 Å². The van der Waals surface area contributed by atoms with Crippen LogP contribution in [0.3, 0.4) is 0 Å². The second-order valence-corrected chi connectivity index (χ2v) is 8.56. The molecule has 1 aliphatic heterocycles. The average Bonchev–Trinajstić information content (AvgIpc) is 2.67. The predicted octanol–water partition coefficient (Wildman–Crippen LogP) is 5.89. The summed E-state index contributed by atoms with van der Waals surface area (Å²) in [6.45, 7) is 0. The van der Waals surface area contributed by atoms with Crippen molar-refractivity contribution in [3.05, 3.63) is 65.7 Å². The molecule has 0 atom stereocenters. The summed E-state index contributed by atoms with van der Waals surface area (Å²) in [5, 5.41) is 0. The van der Waals surface area contributed by atoms with E-state index in [1.165, 1.54) is 24.3 Å². The van der Waals surface area contributed by atoms with Crippen LogP contribution in [0.4, 0.5) is 13.2 Å². The van der Waals surface area contributed by atoms with Gasteiger partial charge in [-0.3, -0.25) is 4.79 Å². The number of carbonyl (C=O) groups is 1. The third kappa shape index (κ3) is 5.81. The van der Waals surface area contributed by atoms with Gasteiger partial charge in [-0.15, -0.1) is 36.7 Å². The van der Waals surface area contributed by atoms with Crippen molar-refractivity contribution in [2.24, 2.45) is 0 Å². The molecule has 0 N–H and O–H groups in total. The highest BCUT2D eigenvalue weighted by atomic mass is 32.2. The number of rotatable bonds is 5. The maximum absolute atomic E-state index is 13.1. The van der Waals surface area contributed by atoms with E-state index in [9.17, 15) is 18.0 Å². The second kappa shape index (κ2) is 8.89. The van der Waals surface area contributed by atoms with Gasteiger partial charge in [0.15, 0.2) is 5.78 Å². The first kappa shape index (κ1) is 19.9. The lowest BCUT2D eigenvalue weighted by Gasteiger charge is -2.21. The Morgan fingerprint density at radius 3 is 2.22 bits per heavy atom. The van der Waals surface area contributed by atoms with Crippen molar-refractivity contribution in [2.75, 3.05) is 11.5 Å². The van der Waals surface area contributed by atoms with Gasteiger partial charge in [-0.25, -0.2) is 0 Å². The number of carbonyl (C=O) groups excluding carboxylic acids is 1. The Morgan fingerprint density at radius 2 is 1.63 bits per heavy atom. The van der Waals surface area contributed by atoms with Gasteiger partial charge in [0.2, 0.25) is 0 Å². The standard InChI is InChI=1S/C20H17F3O2S2/c21-20(22,23)25-16-9-7-14(8-10-16)13-17(15-5-2-1-3-6-15)18(24)19-26-11-4-12-27-19/h1-3,5-10,13,19H,4,11-12H2/b17-13+. The summed E-state index contributed by atoms with van der Waals surface area (Å²) in [5.74, 6) is 1.65. The zero-order chi connectivity index (χ0) is 19.3. The molecular weight excluding hydrogens is 393 g/mol. The van der Waals surface area contributed by atoms with Crippen molar-refractivity contribution in [3.8, 4) is 5.75 Å². The number of Topliss-reactive ketones (excluding diaryl/α,β-unsaturated/α-hetero) is 1. The zero-order valence-electron chi connectivity index (χ0n) is 14.2. The van der Waals surface area contributed by atoms with Crippen LogP contribution < -0.4 is 4.74 Å². The molecule has 0 aromatic heterocycles. The van der Waals surface area contributed by atoms with E-state index in [1.807, 2.05) is 30.3 Å². The summed E-state index contributed by atoms with van der Waals surface area (Å²) < 4.78 is 40.6. The minimum atomic E-state index is -4.72. The number of hydrogen-bond donors (Lipinski definition) is 0. The Kier molecular flexibility index (Phi) is 6.55. The van der Waals surface area contributed by atoms with E-state index < -0.39 is 6.36 Å². The van der Waals surface area contributed by atoms with Crippen LogP contribution in [0.2, 0.25) is 0 Å². The van der Waals surface area contributed by atoms with E-state index in [0.717, 1.165) is 23.5 Å². The van der Waals surface area contributed by atoms with E-state index in [2.05, 4.69) is 4.74 Å². The zero-order valence-corrected chi connectivity index (χ0v) is 15.9. The quantitative estimate of drug-likeness (QED) is 0.453. The fourth-order valence-corrected chi connectivity index (χ4v) is 5.36. The summed E-state index contributed by atoms with van der Waals surface area (Å²) in [7, 11) is 0. The van der Waals surface area contributed by atoms with Crippen LogP contribution in [-0.4, -0.2) is 28.2 Å². The molecule has 1 aliphatic rings. The molecule has 1 heterocycles. The van der Waals surface area contributed by atoms with E-state index in [1.54, 1.807) is 29.6 Å². The van der Waals surface area contributed by atoms with Crippen molar-refractivity contribution < 1.29 is 22.7 Å². The fraction of sp³-hybridized carbons (Fsp3) is 0.250. The van der Waals surface area contributed by atoms with Gasteiger partial charge in [-0.05, 0) is 47.3 Å². The number of benzene rings is 2. The highest BCUT2D eigenvalue weighted by Gasteiger charge is 2.31. The number of alkyl halides is 3. The van der Waals surface area contributed by atoms with Crippen LogP contribution in [-0.2, 0) is 4.79 Å². The van der Waals surface area contributed by atoms with Gasteiger partial charge in [-0.2, -0.15) is 0 Å². The maximum Gasteiger partial charge on any atom is 0.573 e. The van der Waals surface area contributed by atoms with E-state index in [-0.39, 0.29) is 16.1 Å². The van der Waals surface area contributed by atoms with Gasteiger partial charge in [0, 0.05) is 5.57 Å². The number of ketones is 1. The molecule has 7 heteroatoms. The SMILES string of the molecule is O=C(/C(=C/c1ccc(OC(F)(F)F)cc1)c1ccccc1)C1SCCCS1. The molecule has 0 bridgehead atoms. The fourth-order valence-electron chi connectivity index (χ4n) is 2.61. The second-order valence-electron chi connectivity index (χ2n) is 5.83. The summed E-state index contributed by atoms with van der Waals surface area (Å²) in [6.07, 6.45) is -1.91. The molecule has 2 nitrogen and oxygen atoms in total. The number of allylic oxidation sites excluding steroid dienone is 1. The molecule has 1 fully saturated rings. The summed E-state index contributed by atoms with van der Waals surface area (Å²) >= 11 is 3.28. The number of hydrogen-bond acceptors (Lipinski definition) is 4. The molecule has 0 unspecified atom stereocenters. The van der Waals surface area contributed by atoms with Crippen molar-refractivity contribution >= 4 is 41.0 Å². The monoisotopic (exact) mass is 410 g/mol. The van der Waals surface area contributed by atoms with Crippen molar-refractivity contribution in [1.82, 2.24) is 0 Å². The van der Waals surface area contributed by atoms with Gasteiger partial charge in [0.1, 0.15) is 10.3 Å². The largest absolute Gasteiger partial charge is 0.573 e. The van der Waals surface area contributed by atoms with Crippen molar-refractivity contribution in [3.63, 3.8) is 0 Å². The molecule has 2 aromatic rings. The molecule has 3 rings (SSSR count). The molecule has 1 saturated heterocycles. The first-order valence-corrected chi connectivity index (χ1v) is 10.4. The maximum atomic E-state index is 13.1. The van der Waals surface area contributed by atoms with Crippen molar-refractivity contribution in [1.29, 1.82) is 0 Å². The van der Waals surface area contributed by atoms with E-state index >= 15 is 0 Å². The molecule has 0 aliphatic carbocycles. The highest BCUT2D eigenvalue weighted by molar-refractivity contribution is 8.18. The molecule has 27 heavy (non-hydrogen) atoms. The average molecular weight is 410 g/mol. The third-order valence-electron chi connectivity index (χ3n) is 3.82. The molecule has 0 saturated carbocycles. The lowest BCUT2D eigenvalue weighted by molar-refractivity contribution is -0.274. The van der Waals surface area contributed by atoms with Crippen LogP contribution in [0, 0.1) is 0 Å². The number of ether oxygens (including phenoxy) is 1. The number of thioether (sulfide) groups is 2. The molecule has 2 aromatic carbocycles. The van der Waals surface area contributed by atoms with Crippen LogP contribution in [0.25, 0.3) is 11.6 Å². The van der Waals surface area contributed by atoms with Crippen LogP contribution in [0.5, 0.6) is 5.75 Å². The van der Waals surface area contributed by atoms with Gasteiger partial charge in [-0.1, -0.05) is 42.5 Å². The molecule has 142 valence electrons. The Balaban J connectivity index is 1.89. The predicted molar refractivity (Wildman–Crippen MR) is 106 cm³/mol. The summed E-state index contributed by atoms with van der Waals surface area (Å²) in [5.41, 5.74) is 2.00. The molecule has 0 spiro atoms.